The Labute approximate surface area is 69.2 Å². The number of carbonyl (C=O) groups excluding carboxylic acids is 3. The topological polar surface area (TPSA) is 63.7 Å². The number of hydrogen-bond acceptors (Lipinski definition) is 4. The van der Waals surface area contributed by atoms with Gasteiger partial charge in [-0.3, -0.25) is 14.4 Å². The van der Waals surface area contributed by atoms with Crippen LogP contribution in [0.15, 0.2) is 0 Å². The van der Waals surface area contributed by atoms with Gasteiger partial charge in [-0.05, 0) is 6.92 Å². The first-order valence-corrected chi connectivity index (χ1v) is 3.63. The van der Waals surface area contributed by atoms with Crippen LogP contribution >= 0.6 is 0 Å². The van der Waals surface area contributed by atoms with E-state index >= 15 is 0 Å². The van der Waals surface area contributed by atoms with Gasteiger partial charge in [-0.25, -0.2) is 0 Å². The van der Waals surface area contributed by atoms with Gasteiger partial charge in [-0.2, -0.15) is 5.06 Å². The summed E-state index contributed by atoms with van der Waals surface area (Å²) >= 11 is 0. The molecule has 1 fully saturated rings. The first-order chi connectivity index (χ1) is 5.65. The van der Waals surface area contributed by atoms with Crippen molar-refractivity contribution in [2.45, 2.75) is 25.9 Å². The third kappa shape index (κ3) is 1.68. The van der Waals surface area contributed by atoms with E-state index in [2.05, 4.69) is 0 Å². The zero-order valence-corrected chi connectivity index (χ0v) is 6.65. The van der Waals surface area contributed by atoms with Crippen molar-refractivity contribution in [3.8, 4) is 0 Å². The third-order valence-electron chi connectivity index (χ3n) is 1.47. The minimum atomic E-state index is -0.754. The van der Waals surface area contributed by atoms with Gasteiger partial charge >= 0.3 is 0 Å². The van der Waals surface area contributed by atoms with Gasteiger partial charge in [-0.1, -0.05) is 0 Å². The molecule has 5 nitrogen and oxygen atoms in total. The van der Waals surface area contributed by atoms with E-state index in [0.717, 1.165) is 0 Å². The summed E-state index contributed by atoms with van der Waals surface area (Å²) in [5.74, 6) is -0.762. The maximum absolute atomic E-state index is 10.9. The normalized spacial score (nSPS) is 19.9. The van der Waals surface area contributed by atoms with E-state index in [-0.39, 0.29) is 24.7 Å². The molecule has 0 aromatic carbocycles. The van der Waals surface area contributed by atoms with E-state index in [1.807, 2.05) is 0 Å². The number of nitrogens with zero attached hydrogens (tertiary/aromatic N) is 1. The minimum Gasteiger partial charge on any atom is -0.300 e. The number of imide groups is 1. The summed E-state index contributed by atoms with van der Waals surface area (Å²) in [4.78, 5) is 36.7. The number of aldehydes is 1. The molecule has 1 saturated heterocycles. The third-order valence-corrected chi connectivity index (χ3v) is 1.47. The fourth-order valence-electron chi connectivity index (χ4n) is 0.865. The van der Waals surface area contributed by atoms with Gasteiger partial charge in [0.25, 0.3) is 11.8 Å². The van der Waals surface area contributed by atoms with Crippen LogP contribution in [0.3, 0.4) is 0 Å². The molecule has 0 spiro atoms. The lowest BCUT2D eigenvalue weighted by Gasteiger charge is -2.14. The van der Waals surface area contributed by atoms with Crippen molar-refractivity contribution in [2.24, 2.45) is 0 Å². The number of hydrogen-bond donors (Lipinski definition) is 0. The molecular formula is C7H9NO4. The van der Waals surface area contributed by atoms with Gasteiger partial charge < -0.3 is 4.79 Å². The average Bonchev–Trinajstić information content (AvgIpc) is 2.35. The first kappa shape index (κ1) is 8.86. The van der Waals surface area contributed by atoms with Crippen molar-refractivity contribution in [2.75, 3.05) is 0 Å². The second kappa shape index (κ2) is 3.44. The van der Waals surface area contributed by atoms with Crippen LogP contribution in [0.2, 0.25) is 0 Å². The van der Waals surface area contributed by atoms with E-state index in [9.17, 15) is 14.4 Å². The highest BCUT2D eigenvalue weighted by atomic mass is 16.7. The summed E-state index contributed by atoms with van der Waals surface area (Å²) in [5.41, 5.74) is 0. The summed E-state index contributed by atoms with van der Waals surface area (Å²) < 4.78 is 0. The summed E-state index contributed by atoms with van der Waals surface area (Å²) in [6.45, 7) is 1.46. The predicted molar refractivity (Wildman–Crippen MR) is 37.7 cm³/mol. The molecule has 0 aromatic rings. The van der Waals surface area contributed by atoms with Crippen molar-refractivity contribution < 1.29 is 19.2 Å². The van der Waals surface area contributed by atoms with Crippen LogP contribution in [0.4, 0.5) is 0 Å². The van der Waals surface area contributed by atoms with Crippen LogP contribution in [0.1, 0.15) is 19.8 Å². The zero-order chi connectivity index (χ0) is 9.14. The van der Waals surface area contributed by atoms with Crippen LogP contribution in [0, 0.1) is 0 Å². The molecule has 0 N–H and O–H groups in total. The van der Waals surface area contributed by atoms with Gasteiger partial charge in [0.05, 0.1) is 0 Å². The van der Waals surface area contributed by atoms with Gasteiger partial charge in [-0.15, -0.1) is 0 Å². The van der Waals surface area contributed by atoms with Gasteiger partial charge in [0.1, 0.15) is 6.10 Å². The van der Waals surface area contributed by atoms with Crippen molar-refractivity contribution in [3.05, 3.63) is 0 Å². The molecular weight excluding hydrogens is 162 g/mol. The van der Waals surface area contributed by atoms with Crippen molar-refractivity contribution in [3.63, 3.8) is 0 Å². The van der Waals surface area contributed by atoms with Crippen molar-refractivity contribution in [1.82, 2.24) is 5.06 Å². The molecule has 1 rings (SSSR count). The smallest absolute Gasteiger partial charge is 0.254 e. The number of rotatable bonds is 3. The van der Waals surface area contributed by atoms with Gasteiger partial charge in [0.2, 0.25) is 0 Å². The lowest BCUT2D eigenvalue weighted by Crippen LogP contribution is -2.33. The largest absolute Gasteiger partial charge is 0.300 e. The average molecular weight is 171 g/mol. The van der Waals surface area contributed by atoms with Crippen LogP contribution < -0.4 is 0 Å². The lowest BCUT2D eigenvalue weighted by molar-refractivity contribution is -0.197. The summed E-state index contributed by atoms with van der Waals surface area (Å²) in [5, 5.41) is 0.666. The monoisotopic (exact) mass is 171 g/mol. The number of carbonyl (C=O) groups is 3. The van der Waals surface area contributed by atoms with E-state index in [0.29, 0.717) is 11.3 Å². The summed E-state index contributed by atoms with van der Waals surface area (Å²) in [7, 11) is 0. The van der Waals surface area contributed by atoms with Gasteiger partial charge in [0.15, 0.2) is 6.29 Å². The van der Waals surface area contributed by atoms with Crippen LogP contribution in [-0.2, 0) is 19.2 Å². The van der Waals surface area contributed by atoms with E-state index in [4.69, 9.17) is 4.84 Å². The van der Waals surface area contributed by atoms with Crippen LogP contribution in [0.5, 0.6) is 0 Å². The Morgan fingerprint density at radius 3 is 2.33 bits per heavy atom. The first-order valence-electron chi connectivity index (χ1n) is 3.63. The van der Waals surface area contributed by atoms with Crippen molar-refractivity contribution in [1.29, 1.82) is 0 Å². The van der Waals surface area contributed by atoms with E-state index in [1.54, 1.807) is 0 Å². The molecule has 0 radical (unpaired) electrons. The molecule has 5 heteroatoms. The van der Waals surface area contributed by atoms with Crippen LogP contribution in [-0.4, -0.2) is 29.3 Å². The fraction of sp³-hybridized carbons (Fsp3) is 0.571. The Kier molecular flexibility index (Phi) is 2.54. The molecule has 0 aliphatic carbocycles. The maximum atomic E-state index is 10.9. The predicted octanol–water partition coefficient (Wildman–Crippen LogP) is -0.346. The highest BCUT2D eigenvalue weighted by Crippen LogP contribution is 2.12. The molecule has 1 unspecified atom stereocenters. The number of amides is 2. The van der Waals surface area contributed by atoms with E-state index in [1.165, 1.54) is 6.92 Å². The molecule has 1 atom stereocenters. The molecule has 0 bridgehead atoms. The second-order valence-electron chi connectivity index (χ2n) is 2.53. The Morgan fingerprint density at radius 2 is 1.92 bits per heavy atom. The Balaban J connectivity index is 2.55. The van der Waals surface area contributed by atoms with Gasteiger partial charge in [0, 0.05) is 12.8 Å². The second-order valence-corrected chi connectivity index (χ2v) is 2.53. The molecule has 1 aliphatic rings. The van der Waals surface area contributed by atoms with E-state index < -0.39 is 6.10 Å². The molecule has 12 heavy (non-hydrogen) atoms. The zero-order valence-electron chi connectivity index (χ0n) is 6.65. The highest BCUT2D eigenvalue weighted by molar-refractivity contribution is 6.00. The van der Waals surface area contributed by atoms with Crippen LogP contribution in [0.25, 0.3) is 0 Å². The summed E-state index contributed by atoms with van der Waals surface area (Å²) in [6.07, 6.45) is 0.115. The van der Waals surface area contributed by atoms with Crippen molar-refractivity contribution >= 4 is 18.1 Å². The molecule has 66 valence electrons. The lowest BCUT2D eigenvalue weighted by atomic mass is 10.4. The fourth-order valence-corrected chi connectivity index (χ4v) is 0.865. The SMILES string of the molecule is CC(C=O)ON1C(=O)CCC1=O. The number of hydroxylamine groups is 2. The highest BCUT2D eigenvalue weighted by Gasteiger charge is 2.31. The quantitative estimate of drug-likeness (QED) is 0.430. The molecule has 0 saturated carbocycles. The molecule has 1 heterocycles. The molecule has 0 aromatic heterocycles. The Hall–Kier alpha value is -1.23. The summed E-state index contributed by atoms with van der Waals surface area (Å²) in [6, 6.07) is 0. The maximum Gasteiger partial charge on any atom is 0.254 e. The standard InChI is InChI=1S/C7H9NO4/c1-5(4-9)12-8-6(10)2-3-7(8)11/h4-5H,2-3H2,1H3. The molecule has 1 aliphatic heterocycles. The Bertz CT molecular complexity index is 209. The Morgan fingerprint density at radius 1 is 1.42 bits per heavy atom. The minimum absolute atomic E-state index is 0.171. The molecule has 2 amide bonds.